The summed E-state index contributed by atoms with van der Waals surface area (Å²) in [4.78, 5) is 12.2. The Balaban J connectivity index is 1.83. The smallest absolute Gasteiger partial charge is 0.255 e. The largest absolute Gasteiger partial charge is 0.497 e. The topological polar surface area (TPSA) is 38.3 Å². The number of rotatable bonds is 3. The molecule has 1 aromatic heterocycles. The number of amides is 1. The summed E-state index contributed by atoms with van der Waals surface area (Å²) >= 11 is 1.69. The maximum Gasteiger partial charge on any atom is 0.255 e. The highest BCUT2D eigenvalue weighted by Gasteiger charge is 2.07. The van der Waals surface area contributed by atoms with Gasteiger partial charge in [0.2, 0.25) is 0 Å². The number of carbonyl (C=O) groups is 1. The SMILES string of the molecule is COc1cccc(C(=O)Nc2ccc3sccc3c2)c1. The van der Waals surface area contributed by atoms with Crippen LogP contribution in [0.3, 0.4) is 0 Å². The standard InChI is InChI=1S/C16H13NO2S/c1-19-14-4-2-3-12(10-14)16(18)17-13-5-6-15-11(9-13)7-8-20-15/h2-10H,1H3,(H,17,18). The van der Waals surface area contributed by atoms with Crippen LogP contribution in [-0.4, -0.2) is 13.0 Å². The summed E-state index contributed by atoms with van der Waals surface area (Å²) in [7, 11) is 1.58. The molecule has 2 aromatic carbocycles. The molecule has 0 unspecified atom stereocenters. The Labute approximate surface area is 120 Å². The van der Waals surface area contributed by atoms with Crippen molar-refractivity contribution in [3.8, 4) is 5.75 Å². The van der Waals surface area contributed by atoms with E-state index in [-0.39, 0.29) is 5.91 Å². The number of benzene rings is 2. The van der Waals surface area contributed by atoms with Gasteiger partial charge in [-0.1, -0.05) is 6.07 Å². The molecule has 0 fully saturated rings. The van der Waals surface area contributed by atoms with Crippen LogP contribution in [0.4, 0.5) is 5.69 Å². The third kappa shape index (κ3) is 2.51. The van der Waals surface area contributed by atoms with Crippen molar-refractivity contribution in [2.75, 3.05) is 12.4 Å². The number of carbonyl (C=O) groups excluding carboxylic acids is 1. The summed E-state index contributed by atoms with van der Waals surface area (Å²) in [6.45, 7) is 0. The molecule has 0 aliphatic carbocycles. The number of ether oxygens (including phenoxy) is 1. The maximum atomic E-state index is 12.2. The van der Waals surface area contributed by atoms with Gasteiger partial charge in [0, 0.05) is 16.0 Å². The highest BCUT2D eigenvalue weighted by Crippen LogP contribution is 2.24. The first-order valence-corrected chi connectivity index (χ1v) is 7.07. The zero-order chi connectivity index (χ0) is 13.9. The first-order valence-electron chi connectivity index (χ1n) is 6.19. The molecule has 0 saturated carbocycles. The van der Waals surface area contributed by atoms with Crippen molar-refractivity contribution >= 4 is 33.0 Å². The van der Waals surface area contributed by atoms with Crippen LogP contribution in [0, 0.1) is 0 Å². The van der Waals surface area contributed by atoms with Crippen LogP contribution in [-0.2, 0) is 0 Å². The van der Waals surface area contributed by atoms with Crippen molar-refractivity contribution < 1.29 is 9.53 Å². The van der Waals surface area contributed by atoms with Gasteiger partial charge >= 0.3 is 0 Å². The molecule has 0 radical (unpaired) electrons. The van der Waals surface area contributed by atoms with Gasteiger partial charge in [-0.3, -0.25) is 4.79 Å². The van der Waals surface area contributed by atoms with Gasteiger partial charge < -0.3 is 10.1 Å². The molecule has 4 heteroatoms. The summed E-state index contributed by atoms with van der Waals surface area (Å²) < 4.78 is 6.34. The molecular formula is C16H13NO2S. The van der Waals surface area contributed by atoms with Gasteiger partial charge in [-0.2, -0.15) is 0 Å². The molecule has 100 valence electrons. The fourth-order valence-corrected chi connectivity index (χ4v) is 2.78. The fourth-order valence-electron chi connectivity index (χ4n) is 2.01. The second kappa shape index (κ2) is 5.35. The molecule has 0 bridgehead atoms. The maximum absolute atomic E-state index is 12.2. The molecule has 0 saturated heterocycles. The second-order valence-electron chi connectivity index (χ2n) is 4.36. The van der Waals surface area contributed by atoms with Gasteiger partial charge in [-0.15, -0.1) is 11.3 Å². The molecule has 1 heterocycles. The Hall–Kier alpha value is -2.33. The van der Waals surface area contributed by atoms with Crippen molar-refractivity contribution in [1.29, 1.82) is 0 Å². The van der Waals surface area contributed by atoms with E-state index in [0.29, 0.717) is 11.3 Å². The van der Waals surface area contributed by atoms with Crippen molar-refractivity contribution in [3.05, 3.63) is 59.5 Å². The van der Waals surface area contributed by atoms with Gasteiger partial charge in [0.05, 0.1) is 7.11 Å². The third-order valence-corrected chi connectivity index (χ3v) is 3.94. The molecular weight excluding hydrogens is 270 g/mol. The zero-order valence-corrected chi connectivity index (χ0v) is 11.7. The number of thiophene rings is 1. The molecule has 0 aliphatic heterocycles. The van der Waals surface area contributed by atoms with Crippen LogP contribution in [0.25, 0.3) is 10.1 Å². The summed E-state index contributed by atoms with van der Waals surface area (Å²) in [5.74, 6) is 0.532. The van der Waals surface area contributed by atoms with Crippen LogP contribution in [0.15, 0.2) is 53.9 Å². The summed E-state index contributed by atoms with van der Waals surface area (Å²) in [6.07, 6.45) is 0. The van der Waals surface area contributed by atoms with Gasteiger partial charge in [-0.25, -0.2) is 0 Å². The second-order valence-corrected chi connectivity index (χ2v) is 5.31. The van der Waals surface area contributed by atoms with Crippen LogP contribution in [0.2, 0.25) is 0 Å². The average molecular weight is 283 g/mol. The third-order valence-electron chi connectivity index (χ3n) is 3.04. The summed E-state index contributed by atoms with van der Waals surface area (Å²) in [5, 5.41) is 6.08. The van der Waals surface area contributed by atoms with Crippen molar-refractivity contribution in [2.45, 2.75) is 0 Å². The van der Waals surface area contributed by atoms with E-state index in [4.69, 9.17) is 4.74 Å². The van der Waals surface area contributed by atoms with Crippen molar-refractivity contribution in [3.63, 3.8) is 0 Å². The lowest BCUT2D eigenvalue weighted by atomic mass is 10.2. The van der Waals surface area contributed by atoms with E-state index in [9.17, 15) is 4.79 Å². The van der Waals surface area contributed by atoms with Gasteiger partial charge in [0.15, 0.2) is 0 Å². The molecule has 20 heavy (non-hydrogen) atoms. The lowest BCUT2D eigenvalue weighted by molar-refractivity contribution is 0.102. The highest BCUT2D eigenvalue weighted by atomic mass is 32.1. The number of fused-ring (bicyclic) bond motifs is 1. The summed E-state index contributed by atoms with van der Waals surface area (Å²) in [6, 6.07) is 15.0. The Morgan fingerprint density at radius 2 is 2.05 bits per heavy atom. The zero-order valence-electron chi connectivity index (χ0n) is 10.9. The van der Waals surface area contributed by atoms with E-state index in [1.165, 1.54) is 4.70 Å². The Kier molecular flexibility index (Phi) is 3.39. The number of nitrogens with one attached hydrogen (secondary N) is 1. The van der Waals surface area contributed by atoms with E-state index in [0.717, 1.165) is 11.1 Å². The van der Waals surface area contributed by atoms with Crippen molar-refractivity contribution in [1.82, 2.24) is 0 Å². The number of anilines is 1. The van der Waals surface area contributed by atoms with E-state index >= 15 is 0 Å². The number of hydrogen-bond donors (Lipinski definition) is 1. The Morgan fingerprint density at radius 1 is 1.15 bits per heavy atom. The minimum absolute atomic E-state index is 0.140. The Morgan fingerprint density at radius 3 is 2.90 bits per heavy atom. The van der Waals surface area contributed by atoms with Gasteiger partial charge in [-0.05, 0) is 53.2 Å². The first kappa shape index (κ1) is 12.7. The lowest BCUT2D eigenvalue weighted by Crippen LogP contribution is -2.11. The predicted molar refractivity (Wildman–Crippen MR) is 82.8 cm³/mol. The first-order chi connectivity index (χ1) is 9.76. The molecule has 1 N–H and O–H groups in total. The van der Waals surface area contributed by atoms with Gasteiger partial charge in [0.25, 0.3) is 5.91 Å². The number of hydrogen-bond acceptors (Lipinski definition) is 3. The molecule has 0 atom stereocenters. The van der Waals surface area contributed by atoms with E-state index in [2.05, 4.69) is 5.32 Å². The monoisotopic (exact) mass is 283 g/mol. The minimum atomic E-state index is -0.140. The van der Waals surface area contributed by atoms with E-state index < -0.39 is 0 Å². The minimum Gasteiger partial charge on any atom is -0.497 e. The molecule has 3 aromatic rings. The van der Waals surface area contributed by atoms with E-state index in [1.54, 1.807) is 36.6 Å². The van der Waals surface area contributed by atoms with Crippen LogP contribution in [0.1, 0.15) is 10.4 Å². The van der Waals surface area contributed by atoms with E-state index in [1.807, 2.05) is 35.7 Å². The average Bonchev–Trinajstić information content (AvgIpc) is 2.95. The number of methoxy groups -OCH3 is 1. The van der Waals surface area contributed by atoms with Crippen LogP contribution in [0.5, 0.6) is 5.75 Å². The van der Waals surface area contributed by atoms with Crippen molar-refractivity contribution in [2.24, 2.45) is 0 Å². The molecule has 0 spiro atoms. The van der Waals surface area contributed by atoms with Gasteiger partial charge in [0.1, 0.15) is 5.75 Å². The Bertz CT molecular complexity index is 764. The van der Waals surface area contributed by atoms with Crippen LogP contribution >= 0.6 is 11.3 Å². The molecule has 3 nitrogen and oxygen atoms in total. The highest BCUT2D eigenvalue weighted by molar-refractivity contribution is 7.17. The lowest BCUT2D eigenvalue weighted by Gasteiger charge is -2.07. The predicted octanol–water partition coefficient (Wildman–Crippen LogP) is 4.16. The van der Waals surface area contributed by atoms with Crippen LogP contribution < -0.4 is 10.1 Å². The molecule has 3 rings (SSSR count). The normalized spacial score (nSPS) is 10.4. The fraction of sp³-hybridized carbons (Fsp3) is 0.0625. The molecule has 1 amide bonds. The quantitative estimate of drug-likeness (QED) is 0.783. The summed E-state index contributed by atoms with van der Waals surface area (Å²) in [5.41, 5.74) is 1.37. The molecule has 0 aliphatic rings.